The van der Waals surface area contributed by atoms with Gasteiger partial charge in [-0.3, -0.25) is 9.59 Å². The van der Waals surface area contributed by atoms with E-state index in [0.29, 0.717) is 17.8 Å². The number of likely N-dealkylation sites (N-methyl/N-ethyl adjacent to an activating group) is 1. The van der Waals surface area contributed by atoms with Crippen molar-refractivity contribution in [2.24, 2.45) is 11.7 Å². The van der Waals surface area contributed by atoms with E-state index in [0.717, 1.165) is 26.2 Å². The van der Waals surface area contributed by atoms with E-state index in [-0.39, 0.29) is 42.5 Å². The van der Waals surface area contributed by atoms with E-state index in [9.17, 15) is 9.59 Å². The van der Waals surface area contributed by atoms with E-state index in [1.807, 2.05) is 4.90 Å². The molecule has 1 atom stereocenters. The van der Waals surface area contributed by atoms with Crippen LogP contribution in [0.5, 0.6) is 0 Å². The van der Waals surface area contributed by atoms with E-state index >= 15 is 0 Å². The molecule has 1 aliphatic rings. The minimum absolute atomic E-state index is 0. The van der Waals surface area contributed by atoms with Crippen molar-refractivity contribution in [2.75, 3.05) is 45.1 Å². The molecule has 6 nitrogen and oxygen atoms in total. The lowest BCUT2D eigenvalue weighted by molar-refractivity contribution is -0.119. The summed E-state index contributed by atoms with van der Waals surface area (Å²) in [6, 6.07) is 7.02. The lowest BCUT2D eigenvalue weighted by Gasteiger charge is -2.32. The number of hydrogen-bond donors (Lipinski definition) is 2. The molecule has 1 aromatic rings. The van der Waals surface area contributed by atoms with Crippen LogP contribution in [0, 0.1) is 5.92 Å². The summed E-state index contributed by atoms with van der Waals surface area (Å²) in [7, 11) is 2.06. The van der Waals surface area contributed by atoms with Crippen molar-refractivity contribution in [3.8, 4) is 0 Å². The number of halogens is 2. The van der Waals surface area contributed by atoms with Gasteiger partial charge in [0.05, 0.1) is 0 Å². The van der Waals surface area contributed by atoms with Crippen molar-refractivity contribution in [2.45, 2.75) is 6.92 Å². The zero-order valence-electron chi connectivity index (χ0n) is 14.0. The van der Waals surface area contributed by atoms with Crippen molar-refractivity contribution in [3.63, 3.8) is 0 Å². The summed E-state index contributed by atoms with van der Waals surface area (Å²) >= 11 is 0. The summed E-state index contributed by atoms with van der Waals surface area (Å²) < 4.78 is 0. The van der Waals surface area contributed by atoms with Gasteiger partial charge in [-0.15, -0.1) is 24.8 Å². The van der Waals surface area contributed by atoms with Crippen molar-refractivity contribution in [1.82, 2.24) is 9.80 Å². The summed E-state index contributed by atoms with van der Waals surface area (Å²) in [5.41, 5.74) is 6.80. The van der Waals surface area contributed by atoms with Gasteiger partial charge in [-0.25, -0.2) is 0 Å². The molecule has 1 saturated heterocycles. The predicted octanol–water partition coefficient (Wildman–Crippen LogP) is 1.45. The van der Waals surface area contributed by atoms with Crippen LogP contribution in [0.15, 0.2) is 24.3 Å². The van der Waals surface area contributed by atoms with E-state index in [2.05, 4.69) is 17.3 Å². The van der Waals surface area contributed by atoms with E-state index in [1.165, 1.54) is 0 Å². The number of anilines is 1. The molecule has 1 heterocycles. The quantitative estimate of drug-likeness (QED) is 0.833. The number of benzene rings is 1. The lowest BCUT2D eigenvalue weighted by atomic mass is 10.1. The number of amides is 2. The summed E-state index contributed by atoms with van der Waals surface area (Å²) in [5, 5.41) is 2.79. The van der Waals surface area contributed by atoms with Crippen molar-refractivity contribution >= 4 is 42.3 Å². The van der Waals surface area contributed by atoms with Gasteiger partial charge in [0.2, 0.25) is 5.91 Å². The van der Waals surface area contributed by atoms with E-state index < -0.39 is 0 Å². The molecular formula is C16H26Cl2N4O2. The second kappa shape index (κ2) is 10.5. The third kappa shape index (κ3) is 5.94. The predicted molar refractivity (Wildman–Crippen MR) is 101 cm³/mol. The zero-order chi connectivity index (χ0) is 16.1. The summed E-state index contributed by atoms with van der Waals surface area (Å²) in [4.78, 5) is 28.2. The molecule has 1 aromatic carbocycles. The maximum absolute atomic E-state index is 12.4. The molecule has 2 rings (SSSR count). The zero-order valence-corrected chi connectivity index (χ0v) is 15.7. The molecular weight excluding hydrogens is 351 g/mol. The Hall–Kier alpha value is -1.34. The summed E-state index contributed by atoms with van der Waals surface area (Å²) in [6.07, 6.45) is 0. The molecule has 0 aliphatic carbocycles. The van der Waals surface area contributed by atoms with Crippen LogP contribution in [0.1, 0.15) is 17.3 Å². The lowest BCUT2D eigenvalue weighted by Crippen LogP contribution is -2.47. The van der Waals surface area contributed by atoms with Crippen LogP contribution in [0.25, 0.3) is 0 Å². The fourth-order valence-corrected chi connectivity index (χ4v) is 2.26. The Labute approximate surface area is 155 Å². The smallest absolute Gasteiger partial charge is 0.253 e. The maximum Gasteiger partial charge on any atom is 0.253 e. The average Bonchev–Trinajstić information content (AvgIpc) is 2.54. The van der Waals surface area contributed by atoms with Gasteiger partial charge in [0.15, 0.2) is 0 Å². The first kappa shape index (κ1) is 22.7. The molecule has 136 valence electrons. The maximum atomic E-state index is 12.4. The summed E-state index contributed by atoms with van der Waals surface area (Å²) in [5.74, 6) is -0.298. The van der Waals surface area contributed by atoms with Crippen LogP contribution in [-0.4, -0.2) is 61.4 Å². The molecule has 1 aliphatic heterocycles. The number of nitrogens with one attached hydrogen (secondary N) is 1. The number of piperazine rings is 1. The van der Waals surface area contributed by atoms with Crippen LogP contribution in [0.2, 0.25) is 0 Å². The van der Waals surface area contributed by atoms with E-state index in [4.69, 9.17) is 5.73 Å². The van der Waals surface area contributed by atoms with Gasteiger partial charge in [0.25, 0.3) is 5.91 Å². The number of rotatable bonds is 4. The highest BCUT2D eigenvalue weighted by Crippen LogP contribution is 2.13. The second-order valence-electron chi connectivity index (χ2n) is 5.80. The van der Waals surface area contributed by atoms with Crippen molar-refractivity contribution in [1.29, 1.82) is 0 Å². The molecule has 0 aromatic heterocycles. The van der Waals surface area contributed by atoms with Gasteiger partial charge in [-0.2, -0.15) is 0 Å². The minimum Gasteiger partial charge on any atom is -0.336 e. The van der Waals surface area contributed by atoms with Crippen LogP contribution in [0.4, 0.5) is 5.69 Å². The Morgan fingerprint density at radius 3 is 2.17 bits per heavy atom. The largest absolute Gasteiger partial charge is 0.336 e. The SMILES string of the molecule is CC(CN)C(=O)Nc1ccc(C(=O)N2CCN(C)CC2)cc1.Cl.Cl. The Kier molecular flexibility index (Phi) is 9.92. The number of hydrogen-bond acceptors (Lipinski definition) is 4. The monoisotopic (exact) mass is 376 g/mol. The van der Waals surface area contributed by atoms with Gasteiger partial charge in [-0.05, 0) is 31.3 Å². The molecule has 0 spiro atoms. The molecule has 24 heavy (non-hydrogen) atoms. The highest BCUT2D eigenvalue weighted by Gasteiger charge is 2.20. The average molecular weight is 377 g/mol. The first-order chi connectivity index (χ1) is 10.5. The van der Waals surface area contributed by atoms with Gasteiger partial charge < -0.3 is 20.9 Å². The van der Waals surface area contributed by atoms with Crippen LogP contribution in [-0.2, 0) is 4.79 Å². The van der Waals surface area contributed by atoms with Gasteiger partial charge >= 0.3 is 0 Å². The minimum atomic E-state index is -0.230. The highest BCUT2D eigenvalue weighted by molar-refractivity contribution is 5.96. The van der Waals surface area contributed by atoms with Crippen molar-refractivity contribution in [3.05, 3.63) is 29.8 Å². The molecule has 8 heteroatoms. The number of carbonyl (C=O) groups excluding carboxylic acids is 2. The van der Waals surface area contributed by atoms with Gasteiger partial charge in [0, 0.05) is 49.9 Å². The van der Waals surface area contributed by atoms with Gasteiger partial charge in [-0.1, -0.05) is 6.92 Å². The topological polar surface area (TPSA) is 78.7 Å². The first-order valence-electron chi connectivity index (χ1n) is 7.60. The number of carbonyl (C=O) groups is 2. The first-order valence-corrected chi connectivity index (χ1v) is 7.60. The van der Waals surface area contributed by atoms with Crippen molar-refractivity contribution < 1.29 is 9.59 Å². The number of nitrogens with two attached hydrogens (primary N) is 1. The molecule has 3 N–H and O–H groups in total. The molecule has 1 fully saturated rings. The number of nitrogens with zero attached hydrogens (tertiary/aromatic N) is 2. The Morgan fingerprint density at radius 2 is 1.67 bits per heavy atom. The summed E-state index contributed by atoms with van der Waals surface area (Å²) in [6.45, 7) is 5.39. The standard InChI is InChI=1S/C16H24N4O2.2ClH/c1-12(11-17)15(21)18-14-5-3-13(4-6-14)16(22)20-9-7-19(2)8-10-20;;/h3-6,12H,7-11,17H2,1-2H3,(H,18,21);2*1H. The Bertz CT molecular complexity index is 531. The van der Waals surface area contributed by atoms with Crippen LogP contribution < -0.4 is 11.1 Å². The molecule has 0 radical (unpaired) electrons. The van der Waals surface area contributed by atoms with Gasteiger partial charge in [0.1, 0.15) is 0 Å². The fraction of sp³-hybridized carbons (Fsp3) is 0.500. The molecule has 0 saturated carbocycles. The Morgan fingerprint density at radius 1 is 1.12 bits per heavy atom. The van der Waals surface area contributed by atoms with Crippen LogP contribution in [0.3, 0.4) is 0 Å². The van der Waals surface area contributed by atoms with Crippen LogP contribution >= 0.6 is 24.8 Å². The third-order valence-electron chi connectivity index (χ3n) is 3.99. The van der Waals surface area contributed by atoms with E-state index in [1.54, 1.807) is 31.2 Å². The molecule has 0 bridgehead atoms. The third-order valence-corrected chi connectivity index (χ3v) is 3.99. The fourth-order valence-electron chi connectivity index (χ4n) is 2.26. The molecule has 1 unspecified atom stereocenters. The second-order valence-corrected chi connectivity index (χ2v) is 5.80. The molecule has 2 amide bonds. The highest BCUT2D eigenvalue weighted by atomic mass is 35.5. The Balaban J connectivity index is 0.00000264. The normalized spacial score (nSPS) is 15.7.